The SMILES string of the molecule is CC1(C)CC[C@@H](N)CN1.Cl. The van der Waals surface area contributed by atoms with Crippen molar-refractivity contribution in [1.29, 1.82) is 0 Å². The van der Waals surface area contributed by atoms with Gasteiger partial charge in [0.05, 0.1) is 0 Å². The third kappa shape index (κ3) is 2.86. The van der Waals surface area contributed by atoms with Crippen LogP contribution in [0.25, 0.3) is 0 Å². The van der Waals surface area contributed by atoms with Gasteiger partial charge in [0.25, 0.3) is 0 Å². The molecule has 1 rings (SSSR count). The van der Waals surface area contributed by atoms with E-state index in [-0.39, 0.29) is 12.4 Å². The lowest BCUT2D eigenvalue weighted by Crippen LogP contribution is -2.51. The summed E-state index contributed by atoms with van der Waals surface area (Å²) < 4.78 is 0. The van der Waals surface area contributed by atoms with E-state index in [1.54, 1.807) is 0 Å². The van der Waals surface area contributed by atoms with Gasteiger partial charge in [-0.3, -0.25) is 0 Å². The van der Waals surface area contributed by atoms with Crippen LogP contribution in [-0.4, -0.2) is 18.1 Å². The molecule has 3 N–H and O–H groups in total. The van der Waals surface area contributed by atoms with Gasteiger partial charge in [-0.15, -0.1) is 12.4 Å². The lowest BCUT2D eigenvalue weighted by atomic mass is 9.91. The zero-order valence-electron chi connectivity index (χ0n) is 6.68. The summed E-state index contributed by atoms with van der Waals surface area (Å²) in [6.45, 7) is 5.42. The van der Waals surface area contributed by atoms with Crippen LogP contribution in [0.3, 0.4) is 0 Å². The lowest BCUT2D eigenvalue weighted by Gasteiger charge is -2.34. The molecule has 2 nitrogen and oxygen atoms in total. The fourth-order valence-electron chi connectivity index (χ4n) is 1.14. The van der Waals surface area contributed by atoms with Gasteiger partial charge in [-0.05, 0) is 26.7 Å². The summed E-state index contributed by atoms with van der Waals surface area (Å²) in [6.07, 6.45) is 2.37. The van der Waals surface area contributed by atoms with Crippen LogP contribution in [0.2, 0.25) is 0 Å². The Morgan fingerprint density at radius 3 is 2.40 bits per heavy atom. The highest BCUT2D eigenvalue weighted by Gasteiger charge is 2.23. The highest BCUT2D eigenvalue weighted by molar-refractivity contribution is 5.85. The smallest absolute Gasteiger partial charge is 0.0166 e. The Morgan fingerprint density at radius 2 is 2.10 bits per heavy atom. The quantitative estimate of drug-likeness (QED) is 0.559. The first-order valence-electron chi connectivity index (χ1n) is 3.61. The van der Waals surface area contributed by atoms with Gasteiger partial charge >= 0.3 is 0 Å². The van der Waals surface area contributed by atoms with E-state index < -0.39 is 0 Å². The van der Waals surface area contributed by atoms with Crippen LogP contribution in [0.4, 0.5) is 0 Å². The van der Waals surface area contributed by atoms with E-state index in [2.05, 4.69) is 19.2 Å². The molecule has 0 radical (unpaired) electrons. The van der Waals surface area contributed by atoms with E-state index in [4.69, 9.17) is 5.73 Å². The molecule has 0 aliphatic carbocycles. The van der Waals surface area contributed by atoms with Crippen LogP contribution in [0, 0.1) is 0 Å². The molecule has 3 heteroatoms. The Morgan fingerprint density at radius 1 is 1.50 bits per heavy atom. The van der Waals surface area contributed by atoms with E-state index in [1.807, 2.05) is 0 Å². The van der Waals surface area contributed by atoms with E-state index in [0.29, 0.717) is 11.6 Å². The number of nitrogens with one attached hydrogen (secondary N) is 1. The third-order valence-corrected chi connectivity index (χ3v) is 1.98. The van der Waals surface area contributed by atoms with Crippen molar-refractivity contribution < 1.29 is 0 Å². The second kappa shape index (κ2) is 3.56. The summed E-state index contributed by atoms with van der Waals surface area (Å²) in [5.41, 5.74) is 6.02. The number of rotatable bonds is 0. The van der Waals surface area contributed by atoms with E-state index in [0.717, 1.165) is 6.54 Å². The molecule has 1 saturated heterocycles. The summed E-state index contributed by atoms with van der Waals surface area (Å²) in [4.78, 5) is 0. The van der Waals surface area contributed by atoms with Crippen molar-refractivity contribution in [2.24, 2.45) is 5.73 Å². The van der Waals surface area contributed by atoms with Crippen LogP contribution < -0.4 is 11.1 Å². The molecule has 10 heavy (non-hydrogen) atoms. The first kappa shape index (κ1) is 10.2. The Labute approximate surface area is 69.0 Å². The molecule has 1 heterocycles. The first-order chi connectivity index (χ1) is 4.10. The molecular weight excluding hydrogens is 148 g/mol. The highest BCUT2D eigenvalue weighted by atomic mass is 35.5. The monoisotopic (exact) mass is 164 g/mol. The number of piperidine rings is 1. The number of hydrogen-bond donors (Lipinski definition) is 2. The van der Waals surface area contributed by atoms with Crippen molar-refractivity contribution >= 4 is 12.4 Å². The zero-order valence-corrected chi connectivity index (χ0v) is 7.50. The molecule has 0 aromatic heterocycles. The van der Waals surface area contributed by atoms with Crippen molar-refractivity contribution in [2.75, 3.05) is 6.54 Å². The topological polar surface area (TPSA) is 38.0 Å². The molecule has 1 aliphatic heterocycles. The predicted octanol–water partition coefficient (Wildman–Crippen LogP) is 0.898. The van der Waals surface area contributed by atoms with Gasteiger partial charge in [0.2, 0.25) is 0 Å². The van der Waals surface area contributed by atoms with Crippen LogP contribution in [0.15, 0.2) is 0 Å². The van der Waals surface area contributed by atoms with Gasteiger partial charge in [0, 0.05) is 18.1 Å². The molecule has 1 aliphatic rings. The number of nitrogens with two attached hydrogens (primary N) is 1. The number of halogens is 1. The fourth-order valence-corrected chi connectivity index (χ4v) is 1.14. The van der Waals surface area contributed by atoms with Gasteiger partial charge in [-0.1, -0.05) is 0 Å². The molecule has 0 unspecified atom stereocenters. The molecule has 1 atom stereocenters. The molecule has 0 spiro atoms. The highest BCUT2D eigenvalue weighted by Crippen LogP contribution is 2.16. The van der Waals surface area contributed by atoms with Gasteiger partial charge in [-0.25, -0.2) is 0 Å². The summed E-state index contributed by atoms with van der Waals surface area (Å²) in [5, 5.41) is 3.38. The standard InChI is InChI=1S/C7H16N2.ClH/c1-7(2)4-3-6(8)5-9-7;/h6,9H,3-5,8H2,1-2H3;1H/t6-;/m1./s1. The van der Waals surface area contributed by atoms with Gasteiger partial charge in [0.1, 0.15) is 0 Å². The van der Waals surface area contributed by atoms with E-state index in [1.165, 1.54) is 12.8 Å². The maximum Gasteiger partial charge on any atom is 0.0166 e. The lowest BCUT2D eigenvalue weighted by molar-refractivity contribution is 0.281. The fraction of sp³-hybridized carbons (Fsp3) is 1.00. The van der Waals surface area contributed by atoms with Crippen molar-refractivity contribution in [1.82, 2.24) is 5.32 Å². The Kier molecular flexibility index (Phi) is 3.63. The third-order valence-electron chi connectivity index (χ3n) is 1.98. The molecular formula is C7H17ClN2. The second-order valence-electron chi connectivity index (χ2n) is 3.56. The molecule has 0 bridgehead atoms. The van der Waals surface area contributed by atoms with Gasteiger partial charge < -0.3 is 11.1 Å². The largest absolute Gasteiger partial charge is 0.327 e. The van der Waals surface area contributed by atoms with Crippen LogP contribution in [-0.2, 0) is 0 Å². The molecule has 0 amide bonds. The summed E-state index contributed by atoms with van der Waals surface area (Å²) in [6, 6.07) is 0.387. The van der Waals surface area contributed by atoms with Crippen LogP contribution in [0.1, 0.15) is 26.7 Å². The maximum absolute atomic E-state index is 5.69. The van der Waals surface area contributed by atoms with Crippen LogP contribution in [0.5, 0.6) is 0 Å². The van der Waals surface area contributed by atoms with E-state index in [9.17, 15) is 0 Å². The summed E-state index contributed by atoms with van der Waals surface area (Å²) in [5.74, 6) is 0. The average Bonchev–Trinajstić information content (AvgIpc) is 1.78. The molecule has 0 aromatic carbocycles. The molecule has 62 valence electrons. The average molecular weight is 165 g/mol. The normalized spacial score (nSPS) is 30.9. The van der Waals surface area contributed by atoms with Crippen molar-refractivity contribution in [3.63, 3.8) is 0 Å². The molecule has 0 saturated carbocycles. The minimum atomic E-state index is 0. The van der Waals surface area contributed by atoms with E-state index >= 15 is 0 Å². The molecule has 1 fully saturated rings. The summed E-state index contributed by atoms with van der Waals surface area (Å²) in [7, 11) is 0. The minimum Gasteiger partial charge on any atom is -0.327 e. The second-order valence-corrected chi connectivity index (χ2v) is 3.56. The first-order valence-corrected chi connectivity index (χ1v) is 3.61. The Hall–Kier alpha value is 0.210. The Balaban J connectivity index is 0.000000810. The van der Waals surface area contributed by atoms with Crippen molar-refractivity contribution in [3.8, 4) is 0 Å². The maximum atomic E-state index is 5.69. The van der Waals surface area contributed by atoms with Gasteiger partial charge in [0.15, 0.2) is 0 Å². The van der Waals surface area contributed by atoms with Crippen LogP contribution >= 0.6 is 12.4 Å². The van der Waals surface area contributed by atoms with Crippen molar-refractivity contribution in [3.05, 3.63) is 0 Å². The molecule has 0 aromatic rings. The zero-order chi connectivity index (χ0) is 6.91. The van der Waals surface area contributed by atoms with Gasteiger partial charge in [-0.2, -0.15) is 0 Å². The predicted molar refractivity (Wildman–Crippen MR) is 46.5 cm³/mol. The summed E-state index contributed by atoms with van der Waals surface area (Å²) >= 11 is 0. The Bertz CT molecular complexity index is 93.8. The van der Waals surface area contributed by atoms with Crippen molar-refractivity contribution in [2.45, 2.75) is 38.3 Å². The number of hydrogen-bond acceptors (Lipinski definition) is 2. The minimum absolute atomic E-state index is 0.